The Balaban J connectivity index is 1.46. The maximum absolute atomic E-state index is 13.1. The van der Waals surface area contributed by atoms with Crippen molar-refractivity contribution in [2.75, 3.05) is 24.5 Å². The van der Waals surface area contributed by atoms with Crippen molar-refractivity contribution in [3.8, 4) is 0 Å². The standard InChI is InChI=1S/C19H25F3N6O/c1-17(2)11-27(18(17,3)4)15(29)12-7-9-26(10-8-12)14-6-5-13-23-24-16(19(20,21)22)28(13)25-14/h5-6,12H,7-11H2,1-4H3. The van der Waals surface area contributed by atoms with Crippen LogP contribution in [0.25, 0.3) is 5.65 Å². The Hall–Kier alpha value is -2.39. The number of alkyl halides is 3. The van der Waals surface area contributed by atoms with Gasteiger partial charge in [-0.25, -0.2) is 0 Å². The molecule has 0 aromatic carbocycles. The Kier molecular flexibility index (Phi) is 4.33. The molecule has 0 N–H and O–H groups in total. The van der Waals surface area contributed by atoms with Crippen molar-refractivity contribution in [2.24, 2.45) is 11.3 Å². The summed E-state index contributed by atoms with van der Waals surface area (Å²) in [5.41, 5.74) is -0.0257. The molecule has 29 heavy (non-hydrogen) atoms. The SMILES string of the molecule is CC1(C)CN(C(=O)C2CCN(c3ccc4nnc(C(F)(F)F)n4n3)CC2)C1(C)C. The molecule has 4 heterocycles. The van der Waals surface area contributed by atoms with Crippen molar-refractivity contribution in [3.63, 3.8) is 0 Å². The van der Waals surface area contributed by atoms with Gasteiger partial charge in [-0.2, -0.15) is 17.7 Å². The average Bonchev–Trinajstić information content (AvgIpc) is 3.09. The summed E-state index contributed by atoms with van der Waals surface area (Å²) in [5.74, 6) is -0.595. The summed E-state index contributed by atoms with van der Waals surface area (Å²) < 4.78 is 40.0. The van der Waals surface area contributed by atoms with Gasteiger partial charge in [0.1, 0.15) is 5.82 Å². The molecule has 2 saturated heterocycles. The van der Waals surface area contributed by atoms with E-state index in [2.05, 4.69) is 43.0 Å². The van der Waals surface area contributed by atoms with Crippen LogP contribution >= 0.6 is 0 Å². The summed E-state index contributed by atoms with van der Waals surface area (Å²) in [6.45, 7) is 10.4. The Morgan fingerprint density at radius 3 is 2.31 bits per heavy atom. The Morgan fingerprint density at radius 2 is 1.76 bits per heavy atom. The fourth-order valence-corrected chi connectivity index (χ4v) is 4.11. The average molecular weight is 410 g/mol. The maximum Gasteiger partial charge on any atom is 0.453 e. The number of hydrogen-bond acceptors (Lipinski definition) is 5. The second kappa shape index (κ2) is 6.30. The molecule has 0 radical (unpaired) electrons. The first-order valence-corrected chi connectivity index (χ1v) is 9.78. The lowest BCUT2D eigenvalue weighted by atomic mass is 9.64. The summed E-state index contributed by atoms with van der Waals surface area (Å²) >= 11 is 0. The minimum absolute atomic E-state index is 0.0498. The number of likely N-dealkylation sites (tertiary alicyclic amines) is 1. The lowest BCUT2D eigenvalue weighted by molar-refractivity contribution is -0.172. The first-order valence-electron chi connectivity index (χ1n) is 9.78. The van der Waals surface area contributed by atoms with E-state index in [1.54, 1.807) is 6.07 Å². The lowest BCUT2D eigenvalue weighted by Crippen LogP contribution is -2.71. The molecular weight excluding hydrogens is 385 g/mol. The third-order valence-corrected chi connectivity index (χ3v) is 6.82. The largest absolute Gasteiger partial charge is 0.453 e. The van der Waals surface area contributed by atoms with Gasteiger partial charge in [0.15, 0.2) is 5.65 Å². The monoisotopic (exact) mass is 410 g/mol. The molecule has 2 aliphatic heterocycles. The quantitative estimate of drug-likeness (QED) is 0.762. The van der Waals surface area contributed by atoms with Crippen molar-refractivity contribution in [2.45, 2.75) is 52.3 Å². The summed E-state index contributed by atoms with van der Waals surface area (Å²) in [6.07, 6.45) is -3.32. The van der Waals surface area contributed by atoms with Crippen LogP contribution in [0.5, 0.6) is 0 Å². The van der Waals surface area contributed by atoms with Gasteiger partial charge in [0.25, 0.3) is 5.82 Å². The number of nitrogens with zero attached hydrogens (tertiary/aromatic N) is 6. The van der Waals surface area contributed by atoms with E-state index in [4.69, 9.17) is 0 Å². The second-order valence-electron chi connectivity index (χ2n) is 9.11. The zero-order chi connectivity index (χ0) is 21.2. The highest BCUT2D eigenvalue weighted by atomic mass is 19.4. The molecule has 7 nitrogen and oxygen atoms in total. The van der Waals surface area contributed by atoms with E-state index in [-0.39, 0.29) is 28.4 Å². The molecule has 4 rings (SSSR count). The van der Waals surface area contributed by atoms with E-state index < -0.39 is 12.0 Å². The Labute approximate surface area is 166 Å². The zero-order valence-corrected chi connectivity index (χ0v) is 17.0. The van der Waals surface area contributed by atoms with E-state index in [9.17, 15) is 18.0 Å². The molecule has 2 aliphatic rings. The van der Waals surface area contributed by atoms with Crippen molar-refractivity contribution in [3.05, 3.63) is 18.0 Å². The summed E-state index contributed by atoms with van der Waals surface area (Å²) in [7, 11) is 0. The van der Waals surface area contributed by atoms with E-state index in [1.807, 2.05) is 9.80 Å². The van der Waals surface area contributed by atoms with Gasteiger partial charge in [-0.15, -0.1) is 15.3 Å². The van der Waals surface area contributed by atoms with E-state index in [0.717, 1.165) is 11.1 Å². The summed E-state index contributed by atoms with van der Waals surface area (Å²) in [5, 5.41) is 10.8. The topological polar surface area (TPSA) is 66.6 Å². The number of carbonyl (C=O) groups excluding carboxylic acids is 1. The van der Waals surface area contributed by atoms with Crippen LogP contribution in [0.4, 0.5) is 19.0 Å². The summed E-state index contributed by atoms with van der Waals surface area (Å²) in [4.78, 5) is 16.8. The van der Waals surface area contributed by atoms with Gasteiger partial charge < -0.3 is 9.80 Å². The number of amides is 1. The van der Waals surface area contributed by atoms with Gasteiger partial charge in [0.2, 0.25) is 5.91 Å². The van der Waals surface area contributed by atoms with Crippen LogP contribution in [-0.4, -0.2) is 55.8 Å². The minimum Gasteiger partial charge on any atom is -0.355 e. The molecule has 2 aromatic heterocycles. The normalized spacial score (nSPS) is 22.0. The number of fused-ring (bicyclic) bond motifs is 1. The van der Waals surface area contributed by atoms with Crippen molar-refractivity contribution < 1.29 is 18.0 Å². The minimum atomic E-state index is -4.62. The van der Waals surface area contributed by atoms with Crippen molar-refractivity contribution >= 4 is 17.4 Å². The molecule has 0 aliphatic carbocycles. The third-order valence-electron chi connectivity index (χ3n) is 6.82. The highest BCUT2D eigenvalue weighted by Crippen LogP contribution is 2.47. The molecule has 2 fully saturated rings. The van der Waals surface area contributed by atoms with Gasteiger partial charge in [-0.3, -0.25) is 4.79 Å². The number of halogens is 3. The molecule has 0 atom stereocenters. The Bertz CT molecular complexity index is 943. The molecule has 0 unspecified atom stereocenters. The fourth-order valence-electron chi connectivity index (χ4n) is 4.11. The second-order valence-corrected chi connectivity index (χ2v) is 9.11. The van der Waals surface area contributed by atoms with Crippen LogP contribution in [0.2, 0.25) is 0 Å². The van der Waals surface area contributed by atoms with Crippen LogP contribution in [0, 0.1) is 11.3 Å². The van der Waals surface area contributed by atoms with Gasteiger partial charge in [0.05, 0.1) is 0 Å². The number of aromatic nitrogens is 4. The van der Waals surface area contributed by atoms with Gasteiger partial charge >= 0.3 is 6.18 Å². The van der Waals surface area contributed by atoms with Crippen LogP contribution < -0.4 is 4.90 Å². The fraction of sp³-hybridized carbons (Fsp3) is 0.684. The highest BCUT2D eigenvalue weighted by Gasteiger charge is 2.55. The predicted molar refractivity (Wildman–Crippen MR) is 100 cm³/mol. The molecule has 0 spiro atoms. The van der Waals surface area contributed by atoms with Gasteiger partial charge in [-0.1, -0.05) is 13.8 Å². The third kappa shape index (κ3) is 3.12. The molecule has 10 heteroatoms. The van der Waals surface area contributed by atoms with Crippen molar-refractivity contribution in [1.29, 1.82) is 0 Å². The number of rotatable bonds is 2. The lowest BCUT2D eigenvalue weighted by Gasteiger charge is -2.62. The molecule has 0 saturated carbocycles. The molecule has 0 bridgehead atoms. The smallest absolute Gasteiger partial charge is 0.355 e. The number of piperidine rings is 1. The van der Waals surface area contributed by atoms with Gasteiger partial charge in [-0.05, 0) is 38.8 Å². The predicted octanol–water partition coefficient (Wildman–Crippen LogP) is 3.01. The Morgan fingerprint density at radius 1 is 1.10 bits per heavy atom. The van der Waals surface area contributed by atoms with E-state index in [1.165, 1.54) is 6.07 Å². The van der Waals surface area contributed by atoms with E-state index in [0.29, 0.717) is 31.7 Å². The van der Waals surface area contributed by atoms with Crippen LogP contribution in [0.1, 0.15) is 46.4 Å². The highest BCUT2D eigenvalue weighted by molar-refractivity contribution is 5.81. The molecular formula is C19H25F3N6O. The number of carbonyl (C=O) groups is 1. The maximum atomic E-state index is 13.1. The summed E-state index contributed by atoms with van der Waals surface area (Å²) in [6, 6.07) is 3.12. The van der Waals surface area contributed by atoms with Crippen LogP contribution in [0.3, 0.4) is 0 Å². The first kappa shape index (κ1) is 19.9. The molecule has 158 valence electrons. The number of hydrogen-bond donors (Lipinski definition) is 0. The number of anilines is 1. The van der Waals surface area contributed by atoms with E-state index >= 15 is 0 Å². The van der Waals surface area contributed by atoms with Crippen molar-refractivity contribution in [1.82, 2.24) is 24.7 Å². The molecule has 1 amide bonds. The van der Waals surface area contributed by atoms with Crippen LogP contribution in [-0.2, 0) is 11.0 Å². The van der Waals surface area contributed by atoms with Crippen LogP contribution in [0.15, 0.2) is 12.1 Å². The first-order chi connectivity index (χ1) is 13.4. The molecule has 2 aromatic rings. The zero-order valence-electron chi connectivity index (χ0n) is 17.0. The van der Waals surface area contributed by atoms with Gasteiger partial charge in [0, 0.05) is 36.5 Å².